The van der Waals surface area contributed by atoms with Crippen LogP contribution in [-0.2, 0) is 9.59 Å². The zero-order valence-electron chi connectivity index (χ0n) is 13.4. The number of allylic oxidation sites excluding steroid dienone is 1. The summed E-state index contributed by atoms with van der Waals surface area (Å²) in [5.41, 5.74) is 0.731. The van der Waals surface area contributed by atoms with Gasteiger partial charge in [0.15, 0.2) is 17.3 Å². The monoisotopic (exact) mass is 331 g/mol. The van der Waals surface area contributed by atoms with E-state index in [0.29, 0.717) is 25.1 Å². The lowest BCUT2D eigenvalue weighted by Crippen LogP contribution is -2.28. The van der Waals surface area contributed by atoms with Gasteiger partial charge in [-0.2, -0.15) is 0 Å². The van der Waals surface area contributed by atoms with Crippen LogP contribution in [0.15, 0.2) is 36.4 Å². The number of ether oxygens (including phenoxy) is 1. The van der Waals surface area contributed by atoms with Crippen LogP contribution in [0, 0.1) is 5.92 Å². The number of hydrogen-bond donors (Lipinski definition) is 3. The van der Waals surface area contributed by atoms with Crippen molar-refractivity contribution in [2.45, 2.75) is 18.9 Å². The van der Waals surface area contributed by atoms with Crippen LogP contribution >= 0.6 is 0 Å². The lowest BCUT2D eigenvalue weighted by Gasteiger charge is -2.18. The number of Topliss-reactive ketones (excluding diaryl/α,β-unsaturated/α-hetero) is 1. The van der Waals surface area contributed by atoms with Crippen molar-refractivity contribution in [1.29, 1.82) is 0 Å². The number of nitrogens with one attached hydrogen (secondary N) is 1. The van der Waals surface area contributed by atoms with E-state index in [0.717, 1.165) is 5.56 Å². The Bertz CT molecular complexity index is 665. The molecule has 2 atom stereocenters. The van der Waals surface area contributed by atoms with E-state index in [2.05, 4.69) is 5.32 Å². The second kappa shape index (κ2) is 8.31. The highest BCUT2D eigenvalue weighted by molar-refractivity contribution is 5.91. The molecule has 128 valence electrons. The van der Waals surface area contributed by atoms with E-state index in [1.807, 2.05) is 6.08 Å². The van der Waals surface area contributed by atoms with Crippen LogP contribution in [0.3, 0.4) is 0 Å². The summed E-state index contributed by atoms with van der Waals surface area (Å²) in [4.78, 5) is 23.2. The predicted octanol–water partition coefficient (Wildman–Crippen LogP) is 1.43. The molecule has 24 heavy (non-hydrogen) atoms. The molecule has 6 nitrogen and oxygen atoms in total. The van der Waals surface area contributed by atoms with Crippen LogP contribution in [0.25, 0.3) is 6.08 Å². The number of carbonyl (C=O) groups excluding carboxylic acids is 2. The van der Waals surface area contributed by atoms with Gasteiger partial charge in [0.2, 0.25) is 5.91 Å². The van der Waals surface area contributed by atoms with E-state index < -0.39 is 6.10 Å². The number of amides is 1. The molecule has 0 aromatic heterocycles. The molecule has 0 bridgehead atoms. The Morgan fingerprint density at radius 1 is 1.42 bits per heavy atom. The van der Waals surface area contributed by atoms with E-state index in [1.165, 1.54) is 25.3 Å². The van der Waals surface area contributed by atoms with Crippen LogP contribution < -0.4 is 10.1 Å². The highest BCUT2D eigenvalue weighted by Gasteiger charge is 2.21. The van der Waals surface area contributed by atoms with Crippen LogP contribution in [0.1, 0.15) is 18.4 Å². The molecular formula is C18H21NO5. The molecule has 0 fully saturated rings. The first kappa shape index (κ1) is 17.7. The molecule has 1 aliphatic rings. The highest BCUT2D eigenvalue weighted by Crippen LogP contribution is 2.26. The minimum absolute atomic E-state index is 0.0410. The quantitative estimate of drug-likeness (QED) is 0.541. The fraction of sp³-hybridized carbons (Fsp3) is 0.333. The molecule has 0 heterocycles. The van der Waals surface area contributed by atoms with Gasteiger partial charge in [-0.05, 0) is 36.1 Å². The Morgan fingerprint density at radius 3 is 2.92 bits per heavy atom. The van der Waals surface area contributed by atoms with Gasteiger partial charge in [-0.3, -0.25) is 9.59 Å². The van der Waals surface area contributed by atoms with Crippen molar-refractivity contribution in [3.63, 3.8) is 0 Å². The van der Waals surface area contributed by atoms with Crippen molar-refractivity contribution in [2.75, 3.05) is 13.7 Å². The third-order valence-corrected chi connectivity index (χ3v) is 3.80. The van der Waals surface area contributed by atoms with Crippen molar-refractivity contribution in [3.8, 4) is 11.5 Å². The standard InChI is InChI=1S/C18H21NO5/c1-24-17-11-12(3-6-15(17)21)4-7-18(23)19-9-8-13-2-5-14(20)16(22)10-13/h2-7,11,13-14,20-21H,8-10H2,1H3,(H,19,23). The van der Waals surface area contributed by atoms with E-state index in [4.69, 9.17) is 4.74 Å². The summed E-state index contributed by atoms with van der Waals surface area (Å²) in [5, 5.41) is 21.6. The zero-order valence-corrected chi connectivity index (χ0v) is 13.4. The molecule has 3 N–H and O–H groups in total. The van der Waals surface area contributed by atoms with Gasteiger partial charge in [-0.15, -0.1) is 0 Å². The van der Waals surface area contributed by atoms with E-state index in [9.17, 15) is 19.8 Å². The van der Waals surface area contributed by atoms with Gasteiger partial charge in [0.05, 0.1) is 7.11 Å². The Balaban J connectivity index is 1.79. The van der Waals surface area contributed by atoms with Gasteiger partial charge in [-0.25, -0.2) is 0 Å². The molecule has 1 aromatic rings. The maximum atomic E-state index is 11.8. The SMILES string of the molecule is COc1cc(C=CC(=O)NCCC2C=CC(O)C(=O)C2)ccc1O. The van der Waals surface area contributed by atoms with Gasteiger partial charge in [0, 0.05) is 19.0 Å². The van der Waals surface area contributed by atoms with Crippen molar-refractivity contribution >= 4 is 17.8 Å². The van der Waals surface area contributed by atoms with Crippen LogP contribution in [0.5, 0.6) is 11.5 Å². The summed E-state index contributed by atoms with van der Waals surface area (Å²) < 4.78 is 5.00. The Morgan fingerprint density at radius 2 is 2.21 bits per heavy atom. The normalized spacial score (nSPS) is 20.3. The zero-order chi connectivity index (χ0) is 17.5. The first-order valence-corrected chi connectivity index (χ1v) is 7.71. The summed E-state index contributed by atoms with van der Waals surface area (Å²) >= 11 is 0. The van der Waals surface area contributed by atoms with Crippen molar-refractivity contribution in [3.05, 3.63) is 42.0 Å². The topological polar surface area (TPSA) is 95.9 Å². The summed E-state index contributed by atoms with van der Waals surface area (Å²) in [6, 6.07) is 4.80. The maximum Gasteiger partial charge on any atom is 0.243 e. The molecular weight excluding hydrogens is 310 g/mol. The average molecular weight is 331 g/mol. The largest absolute Gasteiger partial charge is 0.504 e. The fourth-order valence-electron chi connectivity index (χ4n) is 2.42. The number of aromatic hydroxyl groups is 1. The van der Waals surface area contributed by atoms with E-state index in [-0.39, 0.29) is 23.4 Å². The number of methoxy groups -OCH3 is 1. The van der Waals surface area contributed by atoms with Gasteiger partial charge in [-0.1, -0.05) is 18.2 Å². The average Bonchev–Trinajstić information content (AvgIpc) is 2.57. The first-order chi connectivity index (χ1) is 11.5. The second-order valence-electron chi connectivity index (χ2n) is 5.60. The third kappa shape index (κ3) is 4.96. The summed E-state index contributed by atoms with van der Waals surface area (Å²) in [7, 11) is 1.46. The first-order valence-electron chi connectivity index (χ1n) is 7.71. The molecule has 1 amide bonds. The number of hydrogen-bond acceptors (Lipinski definition) is 5. The number of aliphatic hydroxyl groups excluding tert-OH is 1. The Kier molecular flexibility index (Phi) is 6.14. The number of carbonyl (C=O) groups is 2. The summed E-state index contributed by atoms with van der Waals surface area (Å²) in [5.74, 6) is 0.00235. The van der Waals surface area contributed by atoms with E-state index >= 15 is 0 Å². The number of phenolic OH excluding ortho intramolecular Hbond substituents is 1. The molecule has 1 aliphatic carbocycles. The van der Waals surface area contributed by atoms with Crippen molar-refractivity contribution < 1.29 is 24.5 Å². The maximum absolute atomic E-state index is 11.8. The molecule has 2 rings (SSSR count). The number of aliphatic hydroxyl groups is 1. The van der Waals surface area contributed by atoms with Gasteiger partial charge < -0.3 is 20.3 Å². The molecule has 1 aromatic carbocycles. The van der Waals surface area contributed by atoms with Crippen molar-refractivity contribution in [1.82, 2.24) is 5.32 Å². The molecule has 0 saturated carbocycles. The number of rotatable bonds is 6. The smallest absolute Gasteiger partial charge is 0.243 e. The van der Waals surface area contributed by atoms with E-state index in [1.54, 1.807) is 18.2 Å². The molecule has 0 radical (unpaired) electrons. The number of ketones is 1. The Labute approximate surface area is 140 Å². The summed E-state index contributed by atoms with van der Waals surface area (Å²) in [6.45, 7) is 0.445. The lowest BCUT2D eigenvalue weighted by atomic mass is 9.91. The van der Waals surface area contributed by atoms with Gasteiger partial charge >= 0.3 is 0 Å². The molecule has 2 unspecified atom stereocenters. The lowest BCUT2D eigenvalue weighted by molar-refractivity contribution is -0.126. The predicted molar refractivity (Wildman–Crippen MR) is 89.6 cm³/mol. The fourth-order valence-corrected chi connectivity index (χ4v) is 2.42. The Hall–Kier alpha value is -2.60. The van der Waals surface area contributed by atoms with Crippen LogP contribution in [0.4, 0.5) is 0 Å². The highest BCUT2D eigenvalue weighted by atomic mass is 16.5. The van der Waals surface area contributed by atoms with Gasteiger partial charge in [0.25, 0.3) is 0 Å². The number of phenols is 1. The minimum atomic E-state index is -0.985. The summed E-state index contributed by atoms with van der Waals surface area (Å²) in [6.07, 6.45) is 6.29. The van der Waals surface area contributed by atoms with Crippen LogP contribution in [0.2, 0.25) is 0 Å². The second-order valence-corrected chi connectivity index (χ2v) is 5.60. The molecule has 6 heteroatoms. The molecule has 0 saturated heterocycles. The molecule has 0 spiro atoms. The van der Waals surface area contributed by atoms with Gasteiger partial charge in [0.1, 0.15) is 6.10 Å². The molecule has 0 aliphatic heterocycles. The van der Waals surface area contributed by atoms with Crippen molar-refractivity contribution in [2.24, 2.45) is 5.92 Å². The minimum Gasteiger partial charge on any atom is -0.504 e. The number of benzene rings is 1. The van der Waals surface area contributed by atoms with Crippen LogP contribution in [-0.4, -0.2) is 41.7 Å². The third-order valence-electron chi connectivity index (χ3n) is 3.80.